The number of anilines is 1. The van der Waals surface area contributed by atoms with E-state index < -0.39 is 0 Å². The van der Waals surface area contributed by atoms with Crippen LogP contribution in [0.2, 0.25) is 0 Å². The second-order valence-corrected chi connectivity index (χ2v) is 4.69. The predicted octanol–water partition coefficient (Wildman–Crippen LogP) is 3.34. The van der Waals surface area contributed by atoms with E-state index in [1.165, 1.54) is 12.1 Å². The van der Waals surface area contributed by atoms with Crippen LogP contribution in [0.4, 0.5) is 10.2 Å². The minimum absolute atomic E-state index is 0.284. The van der Waals surface area contributed by atoms with Gasteiger partial charge in [0, 0.05) is 11.8 Å². The van der Waals surface area contributed by atoms with Gasteiger partial charge in [-0.1, -0.05) is 12.1 Å². The third-order valence-corrected chi connectivity index (χ3v) is 3.34. The number of benzene rings is 1. The fourth-order valence-corrected chi connectivity index (χ4v) is 2.27. The number of rotatable bonds is 1. The quantitative estimate of drug-likeness (QED) is 0.724. The average Bonchev–Trinajstić information content (AvgIpc) is 2.72. The van der Waals surface area contributed by atoms with E-state index >= 15 is 0 Å². The minimum Gasteiger partial charge on any atom is -0.383 e. The van der Waals surface area contributed by atoms with Crippen molar-refractivity contribution in [1.29, 1.82) is 0 Å². The van der Waals surface area contributed by atoms with Gasteiger partial charge >= 0.3 is 0 Å². The van der Waals surface area contributed by atoms with Crippen LogP contribution in [0.1, 0.15) is 11.1 Å². The third kappa shape index (κ3) is 1.76. The Kier molecular flexibility index (Phi) is 2.52. The molecule has 0 spiro atoms. The first-order valence-corrected chi connectivity index (χ1v) is 6.07. The highest BCUT2D eigenvalue weighted by molar-refractivity contribution is 5.77. The molecule has 3 nitrogen and oxygen atoms in total. The molecule has 0 radical (unpaired) electrons. The summed E-state index contributed by atoms with van der Waals surface area (Å²) in [5, 5.41) is 0. The zero-order chi connectivity index (χ0) is 13.6. The number of halogens is 1. The summed E-state index contributed by atoms with van der Waals surface area (Å²) in [6.45, 7) is 3.90. The summed E-state index contributed by atoms with van der Waals surface area (Å²) in [7, 11) is 0. The third-order valence-electron chi connectivity index (χ3n) is 3.34. The van der Waals surface area contributed by atoms with E-state index in [2.05, 4.69) is 4.98 Å². The van der Waals surface area contributed by atoms with Crippen LogP contribution in [-0.4, -0.2) is 9.38 Å². The van der Waals surface area contributed by atoms with Crippen molar-refractivity contribution in [3.8, 4) is 11.3 Å². The molecule has 19 heavy (non-hydrogen) atoms. The number of aromatic nitrogens is 2. The molecule has 0 bridgehead atoms. The molecule has 96 valence electrons. The van der Waals surface area contributed by atoms with Crippen molar-refractivity contribution in [3.05, 3.63) is 53.5 Å². The maximum Gasteiger partial charge on any atom is 0.142 e. The van der Waals surface area contributed by atoms with E-state index in [4.69, 9.17) is 5.73 Å². The molecule has 2 heterocycles. The highest BCUT2D eigenvalue weighted by Gasteiger charge is 2.14. The van der Waals surface area contributed by atoms with Crippen LogP contribution in [0.5, 0.6) is 0 Å². The van der Waals surface area contributed by atoms with E-state index in [9.17, 15) is 4.39 Å². The molecule has 0 saturated carbocycles. The van der Waals surface area contributed by atoms with Crippen molar-refractivity contribution < 1.29 is 4.39 Å². The zero-order valence-electron chi connectivity index (χ0n) is 10.8. The second kappa shape index (κ2) is 4.09. The largest absolute Gasteiger partial charge is 0.383 e. The molecule has 0 saturated heterocycles. The predicted molar refractivity (Wildman–Crippen MR) is 74.5 cm³/mol. The lowest BCUT2D eigenvalue weighted by Crippen LogP contribution is -1.95. The highest BCUT2D eigenvalue weighted by Crippen LogP contribution is 2.30. The Morgan fingerprint density at radius 3 is 2.68 bits per heavy atom. The Bertz CT molecular complexity index is 774. The number of nitrogens with two attached hydrogens (primary N) is 1. The molecule has 3 rings (SSSR count). The first-order valence-electron chi connectivity index (χ1n) is 6.07. The van der Waals surface area contributed by atoms with E-state index in [1.807, 2.05) is 36.6 Å². The summed E-state index contributed by atoms with van der Waals surface area (Å²) < 4.78 is 15.3. The van der Waals surface area contributed by atoms with E-state index in [0.29, 0.717) is 11.5 Å². The molecule has 0 unspecified atom stereocenters. The number of hydrogen-bond acceptors (Lipinski definition) is 2. The van der Waals surface area contributed by atoms with Gasteiger partial charge in [-0.3, -0.25) is 4.40 Å². The zero-order valence-corrected chi connectivity index (χ0v) is 10.8. The summed E-state index contributed by atoms with van der Waals surface area (Å²) in [6, 6.07) is 8.55. The minimum atomic E-state index is -0.284. The van der Waals surface area contributed by atoms with Gasteiger partial charge < -0.3 is 5.73 Å². The molecule has 1 aromatic carbocycles. The fraction of sp³-hybridized carbons (Fsp3) is 0.133. The van der Waals surface area contributed by atoms with Crippen molar-refractivity contribution in [2.24, 2.45) is 0 Å². The average molecular weight is 255 g/mol. The Morgan fingerprint density at radius 2 is 1.95 bits per heavy atom. The van der Waals surface area contributed by atoms with Crippen LogP contribution in [0, 0.1) is 19.7 Å². The lowest BCUT2D eigenvalue weighted by Gasteiger charge is -2.04. The van der Waals surface area contributed by atoms with Gasteiger partial charge in [0.15, 0.2) is 0 Å². The van der Waals surface area contributed by atoms with E-state index in [1.54, 1.807) is 6.07 Å². The summed E-state index contributed by atoms with van der Waals surface area (Å²) in [4.78, 5) is 4.56. The van der Waals surface area contributed by atoms with Crippen molar-refractivity contribution >= 4 is 11.5 Å². The number of hydrogen-bond donors (Lipinski definition) is 1. The van der Waals surface area contributed by atoms with Gasteiger partial charge in [0.25, 0.3) is 0 Å². The maximum atomic E-state index is 13.4. The second-order valence-electron chi connectivity index (χ2n) is 4.69. The molecule has 2 aromatic heterocycles. The molecule has 2 N–H and O–H groups in total. The summed E-state index contributed by atoms with van der Waals surface area (Å²) in [5.41, 5.74) is 10.3. The van der Waals surface area contributed by atoms with Gasteiger partial charge in [0.05, 0.1) is 0 Å². The number of nitrogens with zero attached hydrogens (tertiary/aromatic N) is 2. The Labute approximate surface area is 110 Å². The van der Waals surface area contributed by atoms with Gasteiger partial charge in [0.1, 0.15) is 23.0 Å². The molecule has 0 aliphatic carbocycles. The number of aryl methyl sites for hydroxylation is 2. The Morgan fingerprint density at radius 1 is 1.16 bits per heavy atom. The monoisotopic (exact) mass is 255 g/mol. The van der Waals surface area contributed by atoms with Gasteiger partial charge in [-0.15, -0.1) is 0 Å². The summed E-state index contributed by atoms with van der Waals surface area (Å²) in [5.74, 6) is 0.251. The van der Waals surface area contributed by atoms with Crippen LogP contribution >= 0.6 is 0 Å². The fourth-order valence-electron chi connectivity index (χ4n) is 2.27. The molecular formula is C15H14FN3. The lowest BCUT2D eigenvalue weighted by atomic mass is 10.1. The Balaban J connectivity index is 2.34. The number of fused-ring (bicyclic) bond motifs is 1. The van der Waals surface area contributed by atoms with Crippen molar-refractivity contribution in [2.75, 3.05) is 5.73 Å². The number of pyridine rings is 1. The number of nitrogen functional groups attached to an aromatic ring is 1. The van der Waals surface area contributed by atoms with Crippen LogP contribution < -0.4 is 5.73 Å². The number of imidazole rings is 1. The smallest absolute Gasteiger partial charge is 0.142 e. The lowest BCUT2D eigenvalue weighted by molar-refractivity contribution is 0.628. The highest BCUT2D eigenvalue weighted by atomic mass is 19.1. The van der Waals surface area contributed by atoms with Crippen molar-refractivity contribution in [1.82, 2.24) is 9.38 Å². The van der Waals surface area contributed by atoms with E-state index in [-0.39, 0.29) is 5.82 Å². The maximum absolute atomic E-state index is 13.4. The van der Waals surface area contributed by atoms with Gasteiger partial charge in [-0.25, -0.2) is 9.37 Å². The van der Waals surface area contributed by atoms with E-state index in [0.717, 1.165) is 22.3 Å². The molecule has 0 amide bonds. The molecular weight excluding hydrogens is 241 g/mol. The topological polar surface area (TPSA) is 43.3 Å². The summed E-state index contributed by atoms with van der Waals surface area (Å²) in [6.07, 6.45) is 1.86. The first kappa shape index (κ1) is 11.7. The van der Waals surface area contributed by atoms with Crippen LogP contribution in [0.3, 0.4) is 0 Å². The molecule has 4 heteroatoms. The SMILES string of the molecule is Cc1ccc(F)cc1-c1nc2c(C)cccn2c1N. The Hall–Kier alpha value is -2.36. The standard InChI is InChI=1S/C15H14FN3/c1-9-5-6-11(16)8-12(9)13-14(17)19-7-3-4-10(2)15(19)18-13/h3-8H,17H2,1-2H3. The van der Waals surface area contributed by atoms with Gasteiger partial charge in [-0.2, -0.15) is 0 Å². The van der Waals surface area contributed by atoms with Gasteiger partial charge in [0.2, 0.25) is 0 Å². The first-order chi connectivity index (χ1) is 9.08. The molecule has 0 fully saturated rings. The van der Waals surface area contributed by atoms with Crippen molar-refractivity contribution in [2.45, 2.75) is 13.8 Å². The van der Waals surface area contributed by atoms with Gasteiger partial charge in [-0.05, 0) is 43.2 Å². The normalized spacial score (nSPS) is 11.1. The summed E-state index contributed by atoms with van der Waals surface area (Å²) >= 11 is 0. The molecule has 3 aromatic rings. The molecule has 0 atom stereocenters. The van der Waals surface area contributed by atoms with Crippen molar-refractivity contribution in [3.63, 3.8) is 0 Å². The van der Waals surface area contributed by atoms with Crippen LogP contribution in [0.15, 0.2) is 36.5 Å². The molecule has 0 aliphatic rings. The molecule has 0 aliphatic heterocycles. The van der Waals surface area contributed by atoms with Crippen LogP contribution in [-0.2, 0) is 0 Å². The van der Waals surface area contributed by atoms with Crippen LogP contribution in [0.25, 0.3) is 16.9 Å².